The zero-order valence-electron chi connectivity index (χ0n) is 20.4. The van der Waals surface area contributed by atoms with Crippen LogP contribution in [0.15, 0.2) is 48.7 Å². The first-order valence-corrected chi connectivity index (χ1v) is 11.9. The van der Waals surface area contributed by atoms with E-state index in [1.807, 2.05) is 30.3 Å². The standard InChI is InChI=1S/C26H32N4O5/c1-25(2,3)35-23(32)28-16-19-11-14-27-21(15-19)30(20-9-10-20)22(31)26(12-13-26)29-24(33)34-17-18-7-5-4-6-8-18/h4-8,11,14-15,20H,9-10,12-13,16-17H2,1-3H3,(H,28,32)(H,29,33). The van der Waals surface area contributed by atoms with Crippen molar-refractivity contribution in [2.75, 3.05) is 4.90 Å². The molecule has 0 bridgehead atoms. The smallest absolute Gasteiger partial charge is 0.408 e. The minimum Gasteiger partial charge on any atom is -0.445 e. The molecule has 0 radical (unpaired) electrons. The molecule has 2 N–H and O–H groups in total. The van der Waals surface area contributed by atoms with Gasteiger partial charge in [-0.15, -0.1) is 0 Å². The van der Waals surface area contributed by atoms with Gasteiger partial charge in [-0.05, 0) is 69.7 Å². The number of benzene rings is 1. The fourth-order valence-electron chi connectivity index (χ4n) is 3.68. The third-order valence-corrected chi connectivity index (χ3v) is 5.74. The van der Waals surface area contributed by atoms with Crippen LogP contribution in [0.25, 0.3) is 0 Å². The number of anilines is 1. The summed E-state index contributed by atoms with van der Waals surface area (Å²) in [6, 6.07) is 13.0. The van der Waals surface area contributed by atoms with E-state index in [1.165, 1.54) is 0 Å². The molecule has 4 rings (SSSR count). The van der Waals surface area contributed by atoms with Crippen molar-refractivity contribution >= 4 is 23.9 Å². The second kappa shape index (κ2) is 9.93. The van der Waals surface area contributed by atoms with Gasteiger partial charge in [-0.1, -0.05) is 30.3 Å². The minimum atomic E-state index is -0.969. The van der Waals surface area contributed by atoms with E-state index in [1.54, 1.807) is 44.0 Å². The van der Waals surface area contributed by atoms with E-state index in [2.05, 4.69) is 15.6 Å². The molecule has 0 saturated heterocycles. The fraction of sp³-hybridized carbons (Fsp3) is 0.462. The molecule has 35 heavy (non-hydrogen) atoms. The number of aromatic nitrogens is 1. The largest absolute Gasteiger partial charge is 0.445 e. The van der Waals surface area contributed by atoms with Crippen molar-refractivity contribution in [1.82, 2.24) is 15.6 Å². The van der Waals surface area contributed by atoms with Gasteiger partial charge < -0.3 is 20.1 Å². The molecule has 0 atom stereocenters. The van der Waals surface area contributed by atoms with E-state index in [9.17, 15) is 14.4 Å². The first-order valence-electron chi connectivity index (χ1n) is 11.9. The molecule has 2 saturated carbocycles. The highest BCUT2D eigenvalue weighted by Gasteiger charge is 2.56. The first kappa shape index (κ1) is 24.5. The molecule has 2 fully saturated rings. The molecule has 0 unspecified atom stereocenters. The van der Waals surface area contributed by atoms with E-state index in [0.717, 1.165) is 24.0 Å². The molecule has 9 nitrogen and oxygen atoms in total. The van der Waals surface area contributed by atoms with Gasteiger partial charge in [0.15, 0.2) is 0 Å². The average molecular weight is 481 g/mol. The quantitative estimate of drug-likeness (QED) is 0.590. The third kappa shape index (κ3) is 6.71. The van der Waals surface area contributed by atoms with Crippen LogP contribution in [-0.4, -0.2) is 40.3 Å². The Hall–Kier alpha value is -3.62. The Balaban J connectivity index is 1.39. The highest BCUT2D eigenvalue weighted by Crippen LogP contribution is 2.42. The average Bonchev–Trinajstić information content (AvgIpc) is 3.73. The summed E-state index contributed by atoms with van der Waals surface area (Å²) in [5.41, 5.74) is 0.109. The molecule has 1 heterocycles. The summed E-state index contributed by atoms with van der Waals surface area (Å²) in [5.74, 6) is 0.327. The van der Waals surface area contributed by atoms with Crippen LogP contribution >= 0.6 is 0 Å². The molecule has 3 amide bonds. The summed E-state index contributed by atoms with van der Waals surface area (Å²) in [6.07, 6.45) is 3.35. The van der Waals surface area contributed by atoms with Crippen molar-refractivity contribution in [3.63, 3.8) is 0 Å². The minimum absolute atomic E-state index is 0.0451. The lowest BCUT2D eigenvalue weighted by Gasteiger charge is -2.27. The van der Waals surface area contributed by atoms with Crippen molar-refractivity contribution in [3.05, 3.63) is 59.8 Å². The van der Waals surface area contributed by atoms with Crippen LogP contribution < -0.4 is 15.5 Å². The Morgan fingerprint density at radius 2 is 1.77 bits per heavy atom. The van der Waals surface area contributed by atoms with E-state index in [4.69, 9.17) is 9.47 Å². The van der Waals surface area contributed by atoms with Crippen LogP contribution in [0.2, 0.25) is 0 Å². The molecular formula is C26H32N4O5. The van der Waals surface area contributed by atoms with Crippen LogP contribution in [0.4, 0.5) is 15.4 Å². The molecule has 0 spiro atoms. The summed E-state index contributed by atoms with van der Waals surface area (Å²) in [5, 5.41) is 5.52. The van der Waals surface area contributed by atoms with Crippen LogP contribution in [0.5, 0.6) is 0 Å². The van der Waals surface area contributed by atoms with Crippen molar-refractivity contribution in [3.8, 4) is 0 Å². The van der Waals surface area contributed by atoms with Crippen molar-refractivity contribution < 1.29 is 23.9 Å². The van der Waals surface area contributed by atoms with E-state index in [0.29, 0.717) is 18.7 Å². The van der Waals surface area contributed by atoms with Gasteiger partial charge in [0.2, 0.25) is 0 Å². The number of amides is 3. The summed E-state index contributed by atoms with van der Waals surface area (Å²) < 4.78 is 10.6. The van der Waals surface area contributed by atoms with Crippen molar-refractivity contribution in [1.29, 1.82) is 0 Å². The number of carbonyl (C=O) groups is 3. The number of ether oxygens (including phenoxy) is 2. The normalized spacial score (nSPS) is 16.1. The van der Waals surface area contributed by atoms with Gasteiger partial charge in [-0.25, -0.2) is 14.6 Å². The van der Waals surface area contributed by atoms with E-state index >= 15 is 0 Å². The number of hydrogen-bond acceptors (Lipinski definition) is 6. The van der Waals surface area contributed by atoms with Gasteiger partial charge in [-0.2, -0.15) is 0 Å². The lowest BCUT2D eigenvalue weighted by Crippen LogP contribution is -2.52. The Morgan fingerprint density at radius 1 is 1.06 bits per heavy atom. The molecule has 0 aliphatic heterocycles. The third-order valence-electron chi connectivity index (χ3n) is 5.74. The zero-order chi connectivity index (χ0) is 25.1. The number of hydrogen-bond donors (Lipinski definition) is 2. The van der Waals surface area contributed by atoms with Crippen molar-refractivity contribution in [2.24, 2.45) is 0 Å². The second-order valence-corrected chi connectivity index (χ2v) is 10.1. The van der Waals surface area contributed by atoms with Gasteiger partial charge >= 0.3 is 12.2 Å². The molecule has 1 aromatic heterocycles. The summed E-state index contributed by atoms with van der Waals surface area (Å²) in [7, 11) is 0. The topological polar surface area (TPSA) is 110 Å². The maximum atomic E-state index is 13.6. The van der Waals surface area contributed by atoms with Crippen molar-refractivity contribution in [2.45, 2.75) is 76.8 Å². The summed E-state index contributed by atoms with van der Waals surface area (Å²) >= 11 is 0. The predicted octanol–water partition coefficient (Wildman–Crippen LogP) is 4.06. The number of nitrogens with zero attached hydrogens (tertiary/aromatic N) is 2. The molecule has 186 valence electrons. The van der Waals surface area contributed by atoms with Gasteiger partial charge in [0, 0.05) is 18.8 Å². The molecule has 1 aromatic carbocycles. The lowest BCUT2D eigenvalue weighted by molar-refractivity contribution is -0.121. The fourth-order valence-corrected chi connectivity index (χ4v) is 3.68. The molecule has 9 heteroatoms. The number of rotatable bonds is 8. The predicted molar refractivity (Wildman–Crippen MR) is 130 cm³/mol. The Labute approximate surface area is 205 Å². The number of nitrogens with one attached hydrogen (secondary N) is 2. The number of carbonyl (C=O) groups excluding carboxylic acids is 3. The summed E-state index contributed by atoms with van der Waals surface area (Å²) in [4.78, 5) is 44.1. The Kier molecular flexibility index (Phi) is 6.95. The number of pyridine rings is 1. The zero-order valence-corrected chi connectivity index (χ0v) is 20.4. The second-order valence-electron chi connectivity index (χ2n) is 10.1. The van der Waals surface area contributed by atoms with Gasteiger partial charge in [0.05, 0.1) is 0 Å². The van der Waals surface area contributed by atoms with Crippen LogP contribution in [0, 0.1) is 0 Å². The van der Waals surface area contributed by atoms with Gasteiger partial charge in [0.1, 0.15) is 23.6 Å². The van der Waals surface area contributed by atoms with Crippen LogP contribution in [0.1, 0.15) is 57.6 Å². The Morgan fingerprint density at radius 3 is 2.40 bits per heavy atom. The summed E-state index contributed by atoms with van der Waals surface area (Å²) in [6.45, 7) is 5.78. The van der Waals surface area contributed by atoms with Crippen LogP contribution in [0.3, 0.4) is 0 Å². The highest BCUT2D eigenvalue weighted by molar-refractivity contribution is 6.04. The van der Waals surface area contributed by atoms with E-state index in [-0.39, 0.29) is 25.1 Å². The monoisotopic (exact) mass is 480 g/mol. The maximum absolute atomic E-state index is 13.6. The lowest BCUT2D eigenvalue weighted by atomic mass is 10.2. The number of alkyl carbamates (subject to hydrolysis) is 2. The van der Waals surface area contributed by atoms with Gasteiger partial charge in [0.25, 0.3) is 5.91 Å². The maximum Gasteiger partial charge on any atom is 0.408 e. The highest BCUT2D eigenvalue weighted by atomic mass is 16.6. The molecule has 2 aliphatic carbocycles. The Bertz CT molecular complexity index is 1070. The van der Waals surface area contributed by atoms with E-state index < -0.39 is 23.3 Å². The molecule has 2 aliphatic rings. The molecule has 2 aromatic rings. The molecular weight excluding hydrogens is 448 g/mol. The van der Waals surface area contributed by atoms with Crippen LogP contribution in [-0.2, 0) is 27.4 Å². The van der Waals surface area contributed by atoms with Gasteiger partial charge in [-0.3, -0.25) is 9.69 Å². The SMILES string of the molecule is CC(C)(C)OC(=O)NCc1ccnc(N(C(=O)C2(NC(=O)OCc3ccccc3)CC2)C2CC2)c1. The first-order chi connectivity index (χ1) is 16.7.